The summed E-state index contributed by atoms with van der Waals surface area (Å²) >= 11 is 0. The molecule has 0 aliphatic carbocycles. The number of rotatable bonds is 6. The molecule has 1 rings (SSSR count). The molecule has 1 atom stereocenters. The van der Waals surface area contributed by atoms with Crippen molar-refractivity contribution in [2.24, 2.45) is 0 Å². The molecule has 1 aromatic rings. The molecular formula is C14H16FNO3. The Morgan fingerprint density at radius 2 is 2.32 bits per heavy atom. The number of esters is 1. The molecule has 19 heavy (non-hydrogen) atoms. The highest BCUT2D eigenvalue weighted by atomic mass is 19.1. The summed E-state index contributed by atoms with van der Waals surface area (Å²) < 4.78 is 18.0. The molecule has 0 bridgehead atoms. The molecular weight excluding hydrogens is 249 g/mol. The number of hydrogen-bond acceptors (Lipinski definition) is 4. The average Bonchev–Trinajstić information content (AvgIpc) is 2.42. The van der Waals surface area contributed by atoms with Gasteiger partial charge in [0.25, 0.3) is 0 Å². The summed E-state index contributed by atoms with van der Waals surface area (Å²) in [7, 11) is 0. The molecule has 0 fully saturated rings. The molecule has 0 aliphatic heterocycles. The van der Waals surface area contributed by atoms with Crippen LogP contribution in [0.15, 0.2) is 18.2 Å². The number of aliphatic hydroxyl groups excluding tert-OH is 1. The van der Waals surface area contributed by atoms with Crippen LogP contribution in [0.5, 0.6) is 0 Å². The molecule has 0 saturated heterocycles. The third-order valence-electron chi connectivity index (χ3n) is 2.58. The van der Waals surface area contributed by atoms with E-state index in [1.165, 1.54) is 12.1 Å². The number of nitriles is 1. The minimum absolute atomic E-state index is 0.0838. The number of carbonyl (C=O) groups excluding carboxylic acids is 1. The topological polar surface area (TPSA) is 70.3 Å². The van der Waals surface area contributed by atoms with Crippen molar-refractivity contribution in [2.45, 2.75) is 32.3 Å². The lowest BCUT2D eigenvalue weighted by Gasteiger charge is -2.11. The summed E-state index contributed by atoms with van der Waals surface area (Å²) in [6.07, 6.45) is 0.0962. The number of halogens is 1. The Bertz CT molecular complexity index is 482. The van der Waals surface area contributed by atoms with Crippen molar-refractivity contribution in [3.8, 4) is 6.07 Å². The molecule has 5 heteroatoms. The van der Waals surface area contributed by atoms with Gasteiger partial charge in [-0.15, -0.1) is 0 Å². The first-order valence-corrected chi connectivity index (χ1v) is 6.11. The number of carbonyl (C=O) groups is 1. The predicted molar refractivity (Wildman–Crippen MR) is 66.6 cm³/mol. The molecule has 102 valence electrons. The number of aliphatic hydroxyl groups is 1. The largest absolute Gasteiger partial charge is 0.466 e. The van der Waals surface area contributed by atoms with E-state index in [0.717, 1.165) is 12.5 Å². The van der Waals surface area contributed by atoms with E-state index >= 15 is 0 Å². The van der Waals surface area contributed by atoms with Crippen LogP contribution in [0.4, 0.5) is 4.39 Å². The van der Waals surface area contributed by atoms with Crippen molar-refractivity contribution in [1.82, 2.24) is 0 Å². The van der Waals surface area contributed by atoms with Crippen LogP contribution in [0, 0.1) is 17.1 Å². The van der Waals surface area contributed by atoms with Crippen LogP contribution in [0.25, 0.3) is 0 Å². The number of ether oxygens (including phenoxy) is 1. The fourth-order valence-corrected chi connectivity index (χ4v) is 1.55. The van der Waals surface area contributed by atoms with E-state index in [1.807, 2.05) is 6.92 Å². The maximum absolute atomic E-state index is 13.1. The molecule has 1 aromatic carbocycles. The van der Waals surface area contributed by atoms with Crippen molar-refractivity contribution < 1.29 is 19.0 Å². The smallest absolute Gasteiger partial charge is 0.305 e. The van der Waals surface area contributed by atoms with E-state index in [2.05, 4.69) is 0 Å². The Hall–Kier alpha value is -1.93. The van der Waals surface area contributed by atoms with Crippen molar-refractivity contribution in [3.63, 3.8) is 0 Å². The second-order valence-corrected chi connectivity index (χ2v) is 4.13. The second kappa shape index (κ2) is 7.49. The van der Waals surface area contributed by atoms with Gasteiger partial charge < -0.3 is 9.84 Å². The van der Waals surface area contributed by atoms with Gasteiger partial charge in [-0.05, 0) is 30.5 Å². The molecule has 0 aliphatic rings. The monoisotopic (exact) mass is 265 g/mol. The summed E-state index contributed by atoms with van der Waals surface area (Å²) in [6.45, 7) is 2.26. The van der Waals surface area contributed by atoms with Gasteiger partial charge in [-0.25, -0.2) is 4.39 Å². The first kappa shape index (κ1) is 15.1. The standard InChI is InChI=1S/C14H16FNO3/c1-2-7-19-14(18)6-5-13(17)10-3-4-12(15)11(8-10)9-16/h3-4,8,13,17H,2,5-7H2,1H3. The van der Waals surface area contributed by atoms with Crippen molar-refractivity contribution in [1.29, 1.82) is 5.26 Å². The van der Waals surface area contributed by atoms with Crippen LogP contribution in [0.1, 0.15) is 43.4 Å². The SMILES string of the molecule is CCCOC(=O)CCC(O)c1ccc(F)c(C#N)c1. The van der Waals surface area contributed by atoms with Crippen LogP contribution in [-0.2, 0) is 9.53 Å². The highest BCUT2D eigenvalue weighted by Gasteiger charge is 2.13. The Balaban J connectivity index is 2.56. The van der Waals surface area contributed by atoms with Crippen LogP contribution < -0.4 is 0 Å². The molecule has 0 amide bonds. The minimum atomic E-state index is -0.915. The number of benzene rings is 1. The van der Waals surface area contributed by atoms with Crippen molar-refractivity contribution in [3.05, 3.63) is 35.1 Å². The Morgan fingerprint density at radius 3 is 2.95 bits per heavy atom. The van der Waals surface area contributed by atoms with E-state index in [4.69, 9.17) is 10.00 Å². The van der Waals surface area contributed by atoms with Gasteiger partial charge in [0.15, 0.2) is 0 Å². The fraction of sp³-hybridized carbons (Fsp3) is 0.429. The van der Waals surface area contributed by atoms with Crippen LogP contribution >= 0.6 is 0 Å². The van der Waals surface area contributed by atoms with Crippen molar-refractivity contribution >= 4 is 5.97 Å². The van der Waals surface area contributed by atoms with Gasteiger partial charge in [-0.2, -0.15) is 5.26 Å². The van der Waals surface area contributed by atoms with Gasteiger partial charge >= 0.3 is 5.97 Å². The zero-order chi connectivity index (χ0) is 14.3. The normalized spacial score (nSPS) is 11.7. The molecule has 4 nitrogen and oxygen atoms in total. The van der Waals surface area contributed by atoms with E-state index in [9.17, 15) is 14.3 Å². The highest BCUT2D eigenvalue weighted by Crippen LogP contribution is 2.21. The minimum Gasteiger partial charge on any atom is -0.466 e. The summed E-state index contributed by atoms with van der Waals surface area (Å²) in [5.41, 5.74) is 0.298. The van der Waals surface area contributed by atoms with E-state index in [0.29, 0.717) is 12.2 Å². The molecule has 1 unspecified atom stereocenters. The van der Waals surface area contributed by atoms with E-state index < -0.39 is 11.9 Å². The second-order valence-electron chi connectivity index (χ2n) is 4.13. The first-order chi connectivity index (χ1) is 9.08. The quantitative estimate of drug-likeness (QED) is 0.802. The van der Waals surface area contributed by atoms with Crippen LogP contribution in [0.2, 0.25) is 0 Å². The number of hydrogen-bond donors (Lipinski definition) is 1. The first-order valence-electron chi connectivity index (χ1n) is 6.11. The molecule has 1 N–H and O–H groups in total. The fourth-order valence-electron chi connectivity index (χ4n) is 1.55. The van der Waals surface area contributed by atoms with Gasteiger partial charge in [0.2, 0.25) is 0 Å². The Morgan fingerprint density at radius 1 is 1.58 bits per heavy atom. The van der Waals surface area contributed by atoms with Crippen molar-refractivity contribution in [2.75, 3.05) is 6.61 Å². The van der Waals surface area contributed by atoms with Gasteiger partial charge in [-0.1, -0.05) is 13.0 Å². The maximum atomic E-state index is 13.1. The zero-order valence-electron chi connectivity index (χ0n) is 10.7. The van der Waals surface area contributed by atoms with Gasteiger partial charge in [0.1, 0.15) is 11.9 Å². The lowest BCUT2D eigenvalue weighted by molar-refractivity contribution is -0.144. The Labute approximate surface area is 111 Å². The van der Waals surface area contributed by atoms with Gasteiger partial charge in [0.05, 0.1) is 18.3 Å². The third-order valence-corrected chi connectivity index (χ3v) is 2.58. The molecule has 0 spiro atoms. The van der Waals surface area contributed by atoms with Gasteiger partial charge in [-0.3, -0.25) is 4.79 Å². The Kier molecular flexibility index (Phi) is 5.97. The van der Waals surface area contributed by atoms with Crippen LogP contribution in [-0.4, -0.2) is 17.7 Å². The lowest BCUT2D eigenvalue weighted by Crippen LogP contribution is -2.08. The lowest BCUT2D eigenvalue weighted by atomic mass is 10.0. The maximum Gasteiger partial charge on any atom is 0.305 e. The van der Waals surface area contributed by atoms with Gasteiger partial charge in [0, 0.05) is 6.42 Å². The third kappa shape index (κ3) is 4.68. The molecule has 0 saturated carbocycles. The summed E-state index contributed by atoms with van der Waals surface area (Å²) in [4.78, 5) is 11.3. The van der Waals surface area contributed by atoms with E-state index in [-0.39, 0.29) is 24.4 Å². The highest BCUT2D eigenvalue weighted by molar-refractivity contribution is 5.69. The molecule has 0 heterocycles. The van der Waals surface area contributed by atoms with E-state index in [1.54, 1.807) is 6.07 Å². The summed E-state index contributed by atoms with van der Waals surface area (Å²) in [6, 6.07) is 5.53. The predicted octanol–water partition coefficient (Wildman–Crippen LogP) is 2.46. The average molecular weight is 265 g/mol. The zero-order valence-corrected chi connectivity index (χ0v) is 10.7. The molecule has 0 aromatic heterocycles. The van der Waals surface area contributed by atoms with Crippen LogP contribution in [0.3, 0.4) is 0 Å². The summed E-state index contributed by atoms with van der Waals surface area (Å²) in [5.74, 6) is -0.996. The molecule has 0 radical (unpaired) electrons. The summed E-state index contributed by atoms with van der Waals surface area (Å²) in [5, 5.41) is 18.6. The number of nitrogens with zero attached hydrogens (tertiary/aromatic N) is 1.